The molecule has 4 aromatic rings. The Labute approximate surface area is 185 Å². The summed E-state index contributed by atoms with van der Waals surface area (Å²) in [7, 11) is 2.30. The van der Waals surface area contributed by atoms with E-state index in [0.717, 1.165) is 11.4 Å². The number of rotatable bonds is 8. The molecule has 4 aromatic heterocycles. The van der Waals surface area contributed by atoms with Crippen molar-refractivity contribution in [3.05, 3.63) is 48.7 Å². The Kier molecular flexibility index (Phi) is 6.41. The molecule has 0 spiro atoms. The van der Waals surface area contributed by atoms with Crippen LogP contribution in [0.25, 0.3) is 28.3 Å². The third-order valence-electron chi connectivity index (χ3n) is 4.62. The Bertz CT molecular complexity index is 1290. The summed E-state index contributed by atoms with van der Waals surface area (Å²) in [6.07, 6.45) is 8.57. The Balaban J connectivity index is 1.83. The number of nitriles is 1. The number of aryl methyl sites for hydroxylation is 1. The van der Waals surface area contributed by atoms with E-state index < -0.39 is 10.8 Å². The number of methoxy groups -OCH3 is 1. The third kappa shape index (κ3) is 4.36. The van der Waals surface area contributed by atoms with Crippen LogP contribution in [0.2, 0.25) is 0 Å². The molecule has 11 heteroatoms. The molecule has 0 aliphatic rings. The monoisotopic (exact) mass is 453 g/mol. The van der Waals surface area contributed by atoms with Gasteiger partial charge in [-0.1, -0.05) is 11.8 Å². The first-order valence-electron chi connectivity index (χ1n) is 9.30. The van der Waals surface area contributed by atoms with Crippen molar-refractivity contribution in [2.45, 2.75) is 5.03 Å². The van der Waals surface area contributed by atoms with Crippen LogP contribution in [0.15, 0.2) is 48.1 Å². The fourth-order valence-corrected chi connectivity index (χ4v) is 5.35. The van der Waals surface area contributed by atoms with Gasteiger partial charge in [0, 0.05) is 54.9 Å². The van der Waals surface area contributed by atoms with Crippen LogP contribution in [0, 0.1) is 11.3 Å². The lowest BCUT2D eigenvalue weighted by molar-refractivity contribution is 0.218. The third-order valence-corrected chi connectivity index (χ3v) is 7.33. The second-order valence-electron chi connectivity index (χ2n) is 6.53. The van der Waals surface area contributed by atoms with Gasteiger partial charge in [0.05, 0.1) is 46.7 Å². The molecule has 4 rings (SSSR count). The second kappa shape index (κ2) is 9.38. The highest BCUT2D eigenvalue weighted by molar-refractivity contribution is 8.10. The van der Waals surface area contributed by atoms with Crippen LogP contribution in [0.4, 0.5) is 0 Å². The molecule has 0 N–H and O–H groups in total. The van der Waals surface area contributed by atoms with E-state index in [2.05, 4.69) is 21.1 Å². The maximum atomic E-state index is 12.3. The zero-order valence-electron chi connectivity index (χ0n) is 16.9. The van der Waals surface area contributed by atoms with Crippen molar-refractivity contribution in [3.63, 3.8) is 0 Å². The van der Waals surface area contributed by atoms with Gasteiger partial charge in [0.1, 0.15) is 11.1 Å². The Morgan fingerprint density at radius 2 is 2.16 bits per heavy atom. The predicted molar refractivity (Wildman–Crippen MR) is 119 cm³/mol. The maximum absolute atomic E-state index is 12.3. The molecule has 4 heterocycles. The Hall–Kier alpha value is -3.07. The van der Waals surface area contributed by atoms with E-state index >= 15 is 0 Å². The first kappa shape index (κ1) is 21.2. The molecule has 0 saturated carbocycles. The SMILES string of the molecule is COCCS(=O)CSc1nc(-c2cnc3cnccn23)cc(-c2ccnn2C)c1C#N. The number of hydrogen-bond acceptors (Lipinski definition) is 8. The average Bonchev–Trinajstić information content (AvgIpc) is 3.41. The summed E-state index contributed by atoms with van der Waals surface area (Å²) >= 11 is 1.30. The van der Waals surface area contributed by atoms with Crippen LogP contribution in [0.3, 0.4) is 0 Å². The molecule has 0 fully saturated rings. The minimum atomic E-state index is -1.10. The molecular weight excluding hydrogens is 434 g/mol. The number of aromatic nitrogens is 6. The van der Waals surface area contributed by atoms with E-state index in [9.17, 15) is 9.47 Å². The average molecular weight is 454 g/mol. The number of fused-ring (bicyclic) bond motifs is 1. The molecule has 9 nitrogen and oxygen atoms in total. The highest BCUT2D eigenvalue weighted by Gasteiger charge is 2.20. The van der Waals surface area contributed by atoms with E-state index in [1.165, 1.54) is 11.8 Å². The predicted octanol–water partition coefficient (Wildman–Crippen LogP) is 2.51. The lowest BCUT2D eigenvalue weighted by atomic mass is 10.1. The molecular formula is C20H19N7O2S2. The highest BCUT2D eigenvalue weighted by atomic mass is 32.2. The number of thioether (sulfide) groups is 1. The van der Waals surface area contributed by atoms with Crippen molar-refractivity contribution >= 4 is 28.2 Å². The molecule has 158 valence electrons. The van der Waals surface area contributed by atoms with Crippen molar-refractivity contribution in [1.82, 2.24) is 29.1 Å². The molecule has 0 aromatic carbocycles. The number of nitrogens with zero attached hydrogens (tertiary/aromatic N) is 7. The maximum Gasteiger partial charge on any atom is 0.155 e. The van der Waals surface area contributed by atoms with E-state index in [1.54, 1.807) is 36.6 Å². The second-order valence-corrected chi connectivity index (χ2v) is 9.44. The molecule has 0 aliphatic heterocycles. The standard InChI is InChI=1S/C20H19N7O2S2/c1-26-17(3-4-24-26)14-9-16(18-11-23-19-12-22-5-6-27(18)19)25-20(15(14)10-21)30-13-31(28)8-7-29-2/h3-6,9,11-12H,7-8,13H2,1-2H3. The topological polar surface area (TPSA) is 111 Å². The van der Waals surface area contributed by atoms with Crippen LogP contribution in [-0.2, 0) is 22.6 Å². The quantitative estimate of drug-likeness (QED) is 0.374. The first-order chi connectivity index (χ1) is 15.1. The lowest BCUT2D eigenvalue weighted by Crippen LogP contribution is -2.07. The highest BCUT2D eigenvalue weighted by Crippen LogP contribution is 2.34. The Morgan fingerprint density at radius 3 is 2.90 bits per heavy atom. The molecule has 1 atom stereocenters. The molecule has 31 heavy (non-hydrogen) atoms. The molecule has 0 radical (unpaired) electrons. The summed E-state index contributed by atoms with van der Waals surface area (Å²) in [5.41, 5.74) is 4.05. The van der Waals surface area contributed by atoms with Gasteiger partial charge in [0.2, 0.25) is 0 Å². The van der Waals surface area contributed by atoms with Crippen LogP contribution < -0.4 is 0 Å². The summed E-state index contributed by atoms with van der Waals surface area (Å²) in [6, 6.07) is 5.99. The van der Waals surface area contributed by atoms with Crippen LogP contribution in [-0.4, -0.2) is 57.9 Å². The van der Waals surface area contributed by atoms with Crippen LogP contribution in [0.5, 0.6) is 0 Å². The molecule has 0 bridgehead atoms. The normalized spacial score (nSPS) is 12.2. The molecule has 1 unspecified atom stereocenters. The summed E-state index contributed by atoms with van der Waals surface area (Å²) < 4.78 is 20.9. The van der Waals surface area contributed by atoms with Crippen molar-refractivity contribution in [1.29, 1.82) is 5.26 Å². The molecule has 0 saturated heterocycles. The first-order valence-corrected chi connectivity index (χ1v) is 11.8. The largest absolute Gasteiger partial charge is 0.384 e. The van der Waals surface area contributed by atoms with Crippen molar-refractivity contribution in [2.24, 2.45) is 7.05 Å². The molecule has 0 amide bonds. The van der Waals surface area contributed by atoms with Crippen molar-refractivity contribution < 1.29 is 8.95 Å². The summed E-state index contributed by atoms with van der Waals surface area (Å²) in [5.74, 6) is 0.430. The zero-order valence-corrected chi connectivity index (χ0v) is 18.6. The van der Waals surface area contributed by atoms with E-state index in [0.29, 0.717) is 44.9 Å². The van der Waals surface area contributed by atoms with Gasteiger partial charge in [-0.15, -0.1) is 0 Å². The summed E-state index contributed by atoms with van der Waals surface area (Å²) in [6.45, 7) is 0.419. The number of pyridine rings is 1. The van der Waals surface area contributed by atoms with E-state index in [-0.39, 0.29) is 0 Å². The van der Waals surface area contributed by atoms with Gasteiger partial charge in [-0.3, -0.25) is 18.3 Å². The van der Waals surface area contributed by atoms with Crippen LogP contribution in [0.1, 0.15) is 5.56 Å². The van der Waals surface area contributed by atoms with Gasteiger partial charge < -0.3 is 4.74 Å². The fourth-order valence-electron chi connectivity index (χ4n) is 3.09. The van der Waals surface area contributed by atoms with Crippen molar-refractivity contribution in [3.8, 4) is 28.7 Å². The van der Waals surface area contributed by atoms with Gasteiger partial charge in [0.25, 0.3) is 0 Å². The van der Waals surface area contributed by atoms with Crippen molar-refractivity contribution in [2.75, 3.05) is 24.6 Å². The smallest absolute Gasteiger partial charge is 0.155 e. The molecule has 0 aliphatic carbocycles. The van der Waals surface area contributed by atoms with Gasteiger partial charge in [0.15, 0.2) is 5.65 Å². The van der Waals surface area contributed by atoms with Gasteiger partial charge >= 0.3 is 0 Å². The Morgan fingerprint density at radius 1 is 1.29 bits per heavy atom. The minimum Gasteiger partial charge on any atom is -0.384 e. The van der Waals surface area contributed by atoms with E-state index in [4.69, 9.17) is 9.72 Å². The summed E-state index contributed by atoms with van der Waals surface area (Å²) in [4.78, 5) is 13.2. The van der Waals surface area contributed by atoms with Gasteiger partial charge in [-0.05, 0) is 12.1 Å². The lowest BCUT2D eigenvalue weighted by Gasteiger charge is -2.12. The van der Waals surface area contributed by atoms with E-state index in [1.807, 2.05) is 29.8 Å². The number of imidazole rings is 1. The zero-order chi connectivity index (χ0) is 21.8. The van der Waals surface area contributed by atoms with Gasteiger partial charge in [-0.25, -0.2) is 9.97 Å². The fraction of sp³-hybridized carbons (Fsp3) is 0.250. The summed E-state index contributed by atoms with van der Waals surface area (Å²) in [5, 5.41) is 15.0. The number of hydrogen-bond donors (Lipinski definition) is 0. The van der Waals surface area contributed by atoms with Crippen LogP contribution >= 0.6 is 11.8 Å². The van der Waals surface area contributed by atoms with Gasteiger partial charge in [-0.2, -0.15) is 10.4 Å². The minimum absolute atomic E-state index is 0.316. The number of ether oxygens (including phenoxy) is 1.